The summed E-state index contributed by atoms with van der Waals surface area (Å²) in [5, 5.41) is 5.12. The molecule has 0 atom stereocenters. The maximum atomic E-state index is 12.8. The lowest BCUT2D eigenvalue weighted by Gasteiger charge is -2.25. The minimum absolute atomic E-state index is 0.0147. The van der Waals surface area contributed by atoms with E-state index in [1.807, 2.05) is 45.0 Å². The zero-order valence-electron chi connectivity index (χ0n) is 19.8. The van der Waals surface area contributed by atoms with Crippen molar-refractivity contribution < 1.29 is 18.0 Å². The largest absolute Gasteiger partial charge is 0.337 e. The van der Waals surface area contributed by atoms with Crippen LogP contribution in [0.1, 0.15) is 35.5 Å². The molecule has 1 heterocycles. The van der Waals surface area contributed by atoms with Crippen LogP contribution in [0.5, 0.6) is 0 Å². The molecular formula is C24H29ClN4O4S2. The zero-order chi connectivity index (χ0) is 25.6. The van der Waals surface area contributed by atoms with Crippen LogP contribution >= 0.6 is 22.9 Å². The van der Waals surface area contributed by atoms with E-state index in [4.69, 9.17) is 11.6 Å². The number of nitrogens with zero attached hydrogens (tertiary/aromatic N) is 1. The summed E-state index contributed by atoms with van der Waals surface area (Å²) < 4.78 is 28.4. The van der Waals surface area contributed by atoms with Gasteiger partial charge >= 0.3 is 6.03 Å². The molecule has 0 unspecified atom stereocenters. The molecule has 0 aliphatic heterocycles. The molecule has 35 heavy (non-hydrogen) atoms. The van der Waals surface area contributed by atoms with Gasteiger partial charge in [0.25, 0.3) is 5.91 Å². The SMILES string of the molecule is Cc1ccc(S(=O)(=O)NCCCNC(=O)N(CC(C)C)NC(=O)c2cc3ccccc3s2)c(Cl)c1. The summed E-state index contributed by atoms with van der Waals surface area (Å²) >= 11 is 7.42. The van der Waals surface area contributed by atoms with Gasteiger partial charge in [0.1, 0.15) is 4.90 Å². The van der Waals surface area contributed by atoms with Gasteiger partial charge in [-0.2, -0.15) is 0 Å². The molecule has 11 heteroatoms. The number of amides is 3. The molecule has 0 saturated carbocycles. The van der Waals surface area contributed by atoms with Crippen molar-refractivity contribution in [2.24, 2.45) is 5.92 Å². The van der Waals surface area contributed by atoms with E-state index in [0.29, 0.717) is 17.8 Å². The molecule has 0 aliphatic rings. The fourth-order valence-corrected chi connectivity index (χ4v) is 5.93. The normalized spacial score (nSPS) is 11.6. The average molecular weight is 537 g/mol. The van der Waals surface area contributed by atoms with Crippen LogP contribution in [0.2, 0.25) is 5.02 Å². The third-order valence-corrected chi connectivity index (χ3v) is 8.04. The smallest absolute Gasteiger partial charge is 0.336 e. The Labute approximate surface area is 214 Å². The number of thiophene rings is 1. The second-order valence-corrected chi connectivity index (χ2v) is 11.7. The Morgan fingerprint density at radius 2 is 1.83 bits per heavy atom. The van der Waals surface area contributed by atoms with Gasteiger partial charge in [-0.1, -0.05) is 49.7 Å². The van der Waals surface area contributed by atoms with Crippen molar-refractivity contribution in [3.05, 3.63) is 64.0 Å². The highest BCUT2D eigenvalue weighted by Crippen LogP contribution is 2.25. The number of rotatable bonds is 9. The lowest BCUT2D eigenvalue weighted by atomic mass is 10.2. The number of fused-ring (bicyclic) bond motifs is 1. The predicted molar refractivity (Wildman–Crippen MR) is 140 cm³/mol. The van der Waals surface area contributed by atoms with Gasteiger partial charge in [-0.3, -0.25) is 10.2 Å². The monoisotopic (exact) mass is 536 g/mol. The second-order valence-electron chi connectivity index (χ2n) is 8.51. The highest BCUT2D eigenvalue weighted by molar-refractivity contribution is 7.89. The molecule has 188 valence electrons. The minimum atomic E-state index is -3.76. The maximum absolute atomic E-state index is 12.8. The summed E-state index contributed by atoms with van der Waals surface area (Å²) in [6, 6.07) is 13.8. The van der Waals surface area contributed by atoms with Gasteiger partial charge < -0.3 is 5.32 Å². The first-order chi connectivity index (χ1) is 16.6. The summed E-state index contributed by atoms with van der Waals surface area (Å²) in [4.78, 5) is 26.0. The molecule has 0 bridgehead atoms. The molecule has 3 N–H and O–H groups in total. The van der Waals surface area contributed by atoms with E-state index in [9.17, 15) is 18.0 Å². The van der Waals surface area contributed by atoms with Crippen molar-refractivity contribution in [2.45, 2.75) is 32.1 Å². The number of carbonyl (C=O) groups is 2. The first-order valence-electron chi connectivity index (χ1n) is 11.2. The van der Waals surface area contributed by atoms with Gasteiger partial charge in [0, 0.05) is 24.3 Å². The second kappa shape index (κ2) is 11.9. The Hall–Kier alpha value is -2.66. The molecule has 8 nitrogen and oxygen atoms in total. The van der Waals surface area contributed by atoms with E-state index < -0.39 is 16.1 Å². The Kier molecular flexibility index (Phi) is 9.12. The summed E-state index contributed by atoms with van der Waals surface area (Å²) in [6.45, 7) is 6.36. The quantitative estimate of drug-likeness (QED) is 0.275. The van der Waals surface area contributed by atoms with Crippen LogP contribution in [0.3, 0.4) is 0 Å². The van der Waals surface area contributed by atoms with Crippen LogP contribution in [0, 0.1) is 12.8 Å². The van der Waals surface area contributed by atoms with Crippen LogP contribution in [0.15, 0.2) is 53.4 Å². The van der Waals surface area contributed by atoms with Crippen LogP contribution in [-0.4, -0.2) is 45.0 Å². The Morgan fingerprint density at radius 3 is 2.51 bits per heavy atom. The molecule has 2 aromatic carbocycles. The number of hydrogen-bond acceptors (Lipinski definition) is 5. The van der Waals surface area contributed by atoms with E-state index in [0.717, 1.165) is 15.6 Å². The lowest BCUT2D eigenvalue weighted by Crippen LogP contribution is -2.52. The van der Waals surface area contributed by atoms with Gasteiger partial charge in [0.15, 0.2) is 0 Å². The molecule has 0 aliphatic carbocycles. The number of carbonyl (C=O) groups excluding carboxylic acids is 2. The standard InChI is InChI=1S/C24H29ClN4O4S2/c1-16(2)15-29(28-23(30)21-14-18-7-4-5-8-20(18)34-21)24(31)26-11-6-12-27-35(32,33)22-10-9-17(3)13-19(22)25/h4-5,7-10,13-14,16,27H,6,11-12,15H2,1-3H3,(H,26,31)(H,28,30). The van der Waals surface area contributed by atoms with E-state index in [2.05, 4.69) is 15.5 Å². The topological polar surface area (TPSA) is 108 Å². The fraction of sp³-hybridized carbons (Fsp3) is 0.333. The highest BCUT2D eigenvalue weighted by atomic mass is 35.5. The number of aryl methyl sites for hydroxylation is 1. The van der Waals surface area contributed by atoms with Crippen LogP contribution < -0.4 is 15.5 Å². The van der Waals surface area contributed by atoms with Crippen molar-refractivity contribution in [1.29, 1.82) is 0 Å². The highest BCUT2D eigenvalue weighted by Gasteiger charge is 2.20. The first kappa shape index (κ1) is 26.9. The number of sulfonamides is 1. The third-order valence-electron chi connectivity index (χ3n) is 4.98. The van der Waals surface area contributed by atoms with Crippen molar-refractivity contribution in [2.75, 3.05) is 19.6 Å². The predicted octanol–water partition coefficient (Wildman–Crippen LogP) is 4.54. The van der Waals surface area contributed by atoms with Gasteiger partial charge in [-0.25, -0.2) is 22.9 Å². The lowest BCUT2D eigenvalue weighted by molar-refractivity contribution is 0.0816. The Balaban J connectivity index is 1.52. The van der Waals surface area contributed by atoms with E-state index in [1.54, 1.807) is 18.2 Å². The van der Waals surface area contributed by atoms with E-state index in [-0.39, 0.29) is 34.8 Å². The number of benzene rings is 2. The molecule has 3 amide bonds. The summed E-state index contributed by atoms with van der Waals surface area (Å²) in [5.41, 5.74) is 3.55. The van der Waals surface area contributed by atoms with Crippen LogP contribution in [-0.2, 0) is 10.0 Å². The van der Waals surface area contributed by atoms with Gasteiger partial charge in [0.2, 0.25) is 10.0 Å². The molecule has 0 fully saturated rings. The molecular weight excluding hydrogens is 508 g/mol. The van der Waals surface area contributed by atoms with Gasteiger partial charge in [-0.05, 0) is 54.5 Å². The molecule has 0 radical (unpaired) electrons. The number of nitrogens with one attached hydrogen (secondary N) is 3. The molecule has 3 aromatic rings. The van der Waals surface area contributed by atoms with Gasteiger partial charge in [-0.15, -0.1) is 11.3 Å². The van der Waals surface area contributed by atoms with Crippen LogP contribution in [0.4, 0.5) is 4.79 Å². The van der Waals surface area contributed by atoms with Crippen molar-refractivity contribution in [3.8, 4) is 0 Å². The molecule has 0 saturated heterocycles. The van der Waals surface area contributed by atoms with E-state index in [1.165, 1.54) is 22.4 Å². The van der Waals surface area contributed by atoms with Crippen molar-refractivity contribution in [1.82, 2.24) is 20.5 Å². The number of halogens is 1. The van der Waals surface area contributed by atoms with E-state index >= 15 is 0 Å². The Morgan fingerprint density at radius 1 is 1.09 bits per heavy atom. The Bertz CT molecular complexity index is 1270. The maximum Gasteiger partial charge on any atom is 0.336 e. The number of hydrazine groups is 1. The minimum Gasteiger partial charge on any atom is -0.337 e. The fourth-order valence-electron chi connectivity index (χ4n) is 3.30. The van der Waals surface area contributed by atoms with Crippen molar-refractivity contribution in [3.63, 3.8) is 0 Å². The summed E-state index contributed by atoms with van der Waals surface area (Å²) in [7, 11) is -3.76. The molecule has 3 rings (SSSR count). The number of urea groups is 1. The average Bonchev–Trinajstić information content (AvgIpc) is 3.22. The van der Waals surface area contributed by atoms with Gasteiger partial charge in [0.05, 0.1) is 9.90 Å². The number of hydrogen-bond donors (Lipinski definition) is 3. The third kappa shape index (κ3) is 7.41. The summed E-state index contributed by atoms with van der Waals surface area (Å²) in [5.74, 6) is -0.237. The first-order valence-corrected chi connectivity index (χ1v) is 13.9. The van der Waals surface area contributed by atoms with Crippen LogP contribution in [0.25, 0.3) is 10.1 Å². The zero-order valence-corrected chi connectivity index (χ0v) is 22.2. The molecule has 1 aromatic heterocycles. The van der Waals surface area contributed by atoms with Crippen molar-refractivity contribution >= 4 is 55.0 Å². The summed E-state index contributed by atoms with van der Waals surface area (Å²) in [6.07, 6.45) is 0.355. The molecule has 0 spiro atoms.